The predicted molar refractivity (Wildman–Crippen MR) is 157 cm³/mol. The molecule has 0 N–H and O–H groups in total. The van der Waals surface area contributed by atoms with E-state index in [1.807, 2.05) is 49.1 Å². The first-order valence-electron chi connectivity index (χ1n) is 13.8. The van der Waals surface area contributed by atoms with Gasteiger partial charge in [0.25, 0.3) is 5.91 Å². The highest BCUT2D eigenvalue weighted by molar-refractivity contribution is 9.10. The monoisotopic (exact) mass is 576 g/mol. The van der Waals surface area contributed by atoms with Crippen LogP contribution >= 0.6 is 15.9 Å². The molecule has 1 atom stereocenters. The normalized spacial score (nSPS) is 20.5. The number of piperidine rings is 2. The molecule has 0 spiro atoms. The number of benzene rings is 2. The Balaban J connectivity index is 1.37. The SMILES string of the molecule is CCO/N=C(/c1ccc(Br)cc1)C1CCCCN1C1(C)CCN(C(=O)c2cc(C)nc3ccccc23)CC1. The summed E-state index contributed by atoms with van der Waals surface area (Å²) in [7, 11) is 0. The van der Waals surface area contributed by atoms with Crippen LogP contribution in [0, 0.1) is 6.92 Å². The third-order valence-corrected chi connectivity index (χ3v) is 8.67. The average Bonchev–Trinajstić information content (AvgIpc) is 2.94. The number of nitrogens with zero attached hydrogens (tertiary/aromatic N) is 4. The van der Waals surface area contributed by atoms with Crippen LogP contribution in [0.4, 0.5) is 0 Å². The van der Waals surface area contributed by atoms with Gasteiger partial charge in [0, 0.05) is 39.7 Å². The number of aromatic nitrogens is 1. The Morgan fingerprint density at radius 3 is 2.58 bits per heavy atom. The maximum Gasteiger partial charge on any atom is 0.254 e. The highest BCUT2D eigenvalue weighted by Crippen LogP contribution is 2.36. The van der Waals surface area contributed by atoms with Crippen molar-refractivity contribution in [2.75, 3.05) is 26.2 Å². The molecule has 2 aromatic carbocycles. The molecule has 0 radical (unpaired) electrons. The van der Waals surface area contributed by atoms with Crippen molar-refractivity contribution >= 4 is 38.5 Å². The Hall–Kier alpha value is -2.77. The smallest absolute Gasteiger partial charge is 0.254 e. The molecule has 5 rings (SSSR count). The second-order valence-corrected chi connectivity index (χ2v) is 11.6. The molecule has 6 nitrogen and oxygen atoms in total. The van der Waals surface area contributed by atoms with E-state index in [-0.39, 0.29) is 17.5 Å². The number of halogens is 1. The number of hydrogen-bond acceptors (Lipinski definition) is 5. The maximum atomic E-state index is 13.7. The molecule has 2 aliphatic rings. The van der Waals surface area contributed by atoms with Crippen LogP contribution in [0.15, 0.2) is 64.2 Å². The molecule has 1 unspecified atom stereocenters. The van der Waals surface area contributed by atoms with Crippen molar-refractivity contribution in [1.29, 1.82) is 0 Å². The summed E-state index contributed by atoms with van der Waals surface area (Å²) in [6, 6.07) is 18.5. The first kappa shape index (κ1) is 26.8. The van der Waals surface area contributed by atoms with E-state index in [9.17, 15) is 4.79 Å². The number of aryl methyl sites for hydroxylation is 1. The van der Waals surface area contributed by atoms with Crippen molar-refractivity contribution in [3.8, 4) is 0 Å². The number of amides is 1. The van der Waals surface area contributed by atoms with E-state index in [4.69, 9.17) is 4.84 Å². The van der Waals surface area contributed by atoms with Gasteiger partial charge in [-0.25, -0.2) is 0 Å². The number of carbonyl (C=O) groups excluding carboxylic acids is 1. The highest BCUT2D eigenvalue weighted by Gasteiger charge is 2.43. The fourth-order valence-corrected chi connectivity index (χ4v) is 6.32. The first-order chi connectivity index (χ1) is 18.4. The highest BCUT2D eigenvalue weighted by atomic mass is 79.9. The summed E-state index contributed by atoms with van der Waals surface area (Å²) in [5, 5.41) is 5.58. The van der Waals surface area contributed by atoms with Crippen LogP contribution in [0.5, 0.6) is 0 Å². The lowest BCUT2D eigenvalue weighted by Crippen LogP contribution is -2.60. The average molecular weight is 578 g/mol. The van der Waals surface area contributed by atoms with E-state index in [0.717, 1.165) is 76.8 Å². The lowest BCUT2D eigenvalue weighted by Gasteiger charge is -2.51. The number of pyridine rings is 1. The molecule has 3 heterocycles. The topological polar surface area (TPSA) is 58.0 Å². The Morgan fingerprint density at radius 2 is 1.84 bits per heavy atom. The molecule has 1 amide bonds. The number of oxime groups is 1. The summed E-state index contributed by atoms with van der Waals surface area (Å²) in [5.74, 6) is 0.109. The molecule has 2 saturated heterocycles. The second-order valence-electron chi connectivity index (χ2n) is 10.7. The molecule has 38 heavy (non-hydrogen) atoms. The fourth-order valence-electron chi connectivity index (χ4n) is 6.06. The van der Waals surface area contributed by atoms with Gasteiger partial charge in [0.2, 0.25) is 0 Å². The predicted octanol–water partition coefficient (Wildman–Crippen LogP) is 6.60. The van der Waals surface area contributed by atoms with Crippen LogP contribution in [0.25, 0.3) is 10.9 Å². The van der Waals surface area contributed by atoms with Gasteiger partial charge >= 0.3 is 0 Å². The van der Waals surface area contributed by atoms with Gasteiger partial charge < -0.3 is 9.74 Å². The maximum absolute atomic E-state index is 13.7. The van der Waals surface area contributed by atoms with Crippen LogP contribution in [0.3, 0.4) is 0 Å². The summed E-state index contributed by atoms with van der Waals surface area (Å²) in [6.07, 6.45) is 5.28. The molecular formula is C31H37BrN4O2. The van der Waals surface area contributed by atoms with Crippen molar-refractivity contribution in [2.45, 2.75) is 64.5 Å². The van der Waals surface area contributed by atoms with Crippen molar-refractivity contribution in [2.24, 2.45) is 5.16 Å². The third kappa shape index (κ3) is 5.50. The molecule has 7 heteroatoms. The quantitative estimate of drug-likeness (QED) is 0.245. The van der Waals surface area contributed by atoms with Crippen LogP contribution in [-0.4, -0.2) is 64.2 Å². The molecule has 1 aromatic heterocycles. The molecule has 0 bridgehead atoms. The van der Waals surface area contributed by atoms with Gasteiger partial charge in [0.05, 0.1) is 17.1 Å². The Labute approximate surface area is 234 Å². The molecule has 3 aromatic rings. The summed E-state index contributed by atoms with van der Waals surface area (Å²) >= 11 is 3.56. The number of likely N-dealkylation sites (tertiary alicyclic amines) is 2. The van der Waals surface area contributed by atoms with Gasteiger partial charge in [-0.2, -0.15) is 0 Å². The van der Waals surface area contributed by atoms with E-state index in [2.05, 4.69) is 62.2 Å². The minimum absolute atomic E-state index is 0.0134. The minimum atomic E-state index is -0.0134. The van der Waals surface area contributed by atoms with Gasteiger partial charge in [0.1, 0.15) is 12.3 Å². The van der Waals surface area contributed by atoms with Gasteiger partial charge in [-0.15, -0.1) is 0 Å². The summed E-state index contributed by atoms with van der Waals surface area (Å²) in [6.45, 7) is 9.37. The minimum Gasteiger partial charge on any atom is -0.396 e. The van der Waals surface area contributed by atoms with E-state index in [0.29, 0.717) is 6.61 Å². The summed E-state index contributed by atoms with van der Waals surface area (Å²) in [5.41, 5.74) is 4.61. The zero-order chi connectivity index (χ0) is 26.7. The van der Waals surface area contributed by atoms with Gasteiger partial charge in [-0.3, -0.25) is 14.7 Å². The molecule has 2 aliphatic heterocycles. The van der Waals surface area contributed by atoms with Gasteiger partial charge in [-0.05, 0) is 77.3 Å². The van der Waals surface area contributed by atoms with Crippen LogP contribution < -0.4 is 0 Å². The van der Waals surface area contributed by atoms with Crippen molar-refractivity contribution < 1.29 is 9.63 Å². The van der Waals surface area contributed by atoms with E-state index in [1.54, 1.807) is 0 Å². The zero-order valence-electron chi connectivity index (χ0n) is 22.6. The van der Waals surface area contributed by atoms with Crippen molar-refractivity contribution in [3.63, 3.8) is 0 Å². The second kappa shape index (κ2) is 11.5. The van der Waals surface area contributed by atoms with Crippen LogP contribution in [-0.2, 0) is 4.84 Å². The molecule has 2 fully saturated rings. The molecular weight excluding hydrogens is 540 g/mol. The standard InChI is InChI=1S/C31H37BrN4O2/c1-4-38-34-29(23-12-14-24(32)15-13-23)28-11-7-8-18-36(28)31(3)16-19-35(20-17-31)30(37)26-21-22(2)33-27-10-6-5-9-25(26)27/h5-6,9-10,12-15,21,28H,4,7-8,11,16-20H2,1-3H3/b34-29-. The van der Waals surface area contributed by atoms with Gasteiger partial charge in [-0.1, -0.05) is 57.8 Å². The number of carbonyl (C=O) groups is 1. The van der Waals surface area contributed by atoms with Crippen LogP contribution in [0.2, 0.25) is 0 Å². The summed E-state index contributed by atoms with van der Waals surface area (Å²) < 4.78 is 1.05. The number of hydrogen-bond donors (Lipinski definition) is 0. The first-order valence-corrected chi connectivity index (χ1v) is 14.6. The summed E-state index contributed by atoms with van der Waals surface area (Å²) in [4.78, 5) is 28.7. The third-order valence-electron chi connectivity index (χ3n) is 8.15. The van der Waals surface area contributed by atoms with Gasteiger partial charge in [0.15, 0.2) is 0 Å². The molecule has 200 valence electrons. The Kier molecular flexibility index (Phi) is 8.15. The Morgan fingerprint density at radius 1 is 1.11 bits per heavy atom. The molecule has 0 aliphatic carbocycles. The Bertz CT molecular complexity index is 1320. The van der Waals surface area contributed by atoms with E-state index < -0.39 is 0 Å². The lowest BCUT2D eigenvalue weighted by atomic mass is 9.82. The lowest BCUT2D eigenvalue weighted by molar-refractivity contribution is 0.00568. The van der Waals surface area contributed by atoms with Crippen molar-refractivity contribution in [3.05, 3.63) is 75.9 Å². The van der Waals surface area contributed by atoms with E-state index in [1.165, 1.54) is 12.8 Å². The number of para-hydroxylation sites is 1. The van der Waals surface area contributed by atoms with E-state index >= 15 is 0 Å². The molecule has 0 saturated carbocycles. The fraction of sp³-hybridized carbons (Fsp3) is 0.452. The van der Waals surface area contributed by atoms with Crippen molar-refractivity contribution in [1.82, 2.24) is 14.8 Å². The number of rotatable bonds is 6. The largest absolute Gasteiger partial charge is 0.396 e. The number of fused-ring (bicyclic) bond motifs is 1. The van der Waals surface area contributed by atoms with Crippen LogP contribution in [0.1, 0.15) is 67.6 Å². The zero-order valence-corrected chi connectivity index (χ0v) is 24.2.